The molecule has 1 atom stereocenters. The quantitative estimate of drug-likeness (QED) is 0.789. The number of carbonyl (C=O) groups excluding carboxylic acids is 1. The Balaban J connectivity index is 1.97. The number of hydrogen-bond donors (Lipinski definition) is 0. The molecule has 1 aliphatic heterocycles. The SMILES string of the molecule is CN(C(=O)/C=C/c1ccsc1)C1CCS(=O)(=O)C1. The van der Waals surface area contributed by atoms with Crippen LogP contribution in [-0.2, 0) is 14.6 Å². The van der Waals surface area contributed by atoms with Crippen LogP contribution in [-0.4, -0.2) is 43.8 Å². The van der Waals surface area contributed by atoms with Crippen molar-refractivity contribution in [1.29, 1.82) is 0 Å². The molecular weight excluding hydrogens is 270 g/mol. The summed E-state index contributed by atoms with van der Waals surface area (Å²) in [5.41, 5.74) is 0.987. The van der Waals surface area contributed by atoms with Gasteiger partial charge < -0.3 is 4.90 Å². The molecule has 4 nitrogen and oxygen atoms in total. The zero-order valence-corrected chi connectivity index (χ0v) is 11.7. The maximum absolute atomic E-state index is 11.9. The molecular formula is C12H15NO3S2. The van der Waals surface area contributed by atoms with Crippen molar-refractivity contribution < 1.29 is 13.2 Å². The van der Waals surface area contributed by atoms with Gasteiger partial charge in [0.05, 0.1) is 11.5 Å². The number of thiophene rings is 1. The van der Waals surface area contributed by atoms with E-state index < -0.39 is 9.84 Å². The summed E-state index contributed by atoms with van der Waals surface area (Å²) in [5, 5.41) is 3.89. The van der Waals surface area contributed by atoms with Crippen molar-refractivity contribution in [2.24, 2.45) is 0 Å². The van der Waals surface area contributed by atoms with Crippen LogP contribution in [0.15, 0.2) is 22.9 Å². The molecule has 98 valence electrons. The van der Waals surface area contributed by atoms with Gasteiger partial charge in [-0.2, -0.15) is 11.3 Å². The Bertz CT molecular complexity index is 546. The van der Waals surface area contributed by atoms with Crippen LogP contribution >= 0.6 is 11.3 Å². The van der Waals surface area contributed by atoms with E-state index in [0.29, 0.717) is 6.42 Å². The number of rotatable bonds is 3. The third-order valence-corrected chi connectivity index (χ3v) is 5.52. The first-order valence-electron chi connectivity index (χ1n) is 5.65. The minimum Gasteiger partial charge on any atom is -0.338 e. The van der Waals surface area contributed by atoms with Gasteiger partial charge in [0.15, 0.2) is 9.84 Å². The van der Waals surface area contributed by atoms with Gasteiger partial charge in [0, 0.05) is 19.2 Å². The fourth-order valence-electron chi connectivity index (χ4n) is 1.92. The van der Waals surface area contributed by atoms with E-state index in [4.69, 9.17) is 0 Å². The highest BCUT2D eigenvalue weighted by Crippen LogP contribution is 2.17. The molecule has 0 aliphatic carbocycles. The van der Waals surface area contributed by atoms with Crippen LogP contribution < -0.4 is 0 Å². The molecule has 1 aromatic heterocycles. The monoisotopic (exact) mass is 285 g/mol. The summed E-state index contributed by atoms with van der Waals surface area (Å²) in [5.74, 6) is 0.119. The predicted octanol–water partition coefficient (Wildman–Crippen LogP) is 1.41. The maximum atomic E-state index is 11.9. The Hall–Kier alpha value is -1.14. The van der Waals surface area contributed by atoms with Crippen LogP contribution in [0.4, 0.5) is 0 Å². The van der Waals surface area contributed by atoms with Gasteiger partial charge in [-0.25, -0.2) is 8.42 Å². The first-order valence-corrected chi connectivity index (χ1v) is 8.42. The number of nitrogens with zero attached hydrogens (tertiary/aromatic N) is 1. The zero-order chi connectivity index (χ0) is 13.2. The Kier molecular flexibility index (Phi) is 3.87. The molecule has 0 radical (unpaired) electrons. The lowest BCUT2D eigenvalue weighted by Gasteiger charge is -2.21. The smallest absolute Gasteiger partial charge is 0.246 e. The maximum Gasteiger partial charge on any atom is 0.246 e. The zero-order valence-electron chi connectivity index (χ0n) is 10.1. The van der Waals surface area contributed by atoms with Gasteiger partial charge in [-0.05, 0) is 34.9 Å². The second-order valence-electron chi connectivity index (χ2n) is 4.40. The van der Waals surface area contributed by atoms with Crippen molar-refractivity contribution in [3.8, 4) is 0 Å². The van der Waals surface area contributed by atoms with Gasteiger partial charge in [0.25, 0.3) is 0 Å². The molecule has 1 amide bonds. The van der Waals surface area contributed by atoms with Crippen LogP contribution in [0.25, 0.3) is 6.08 Å². The van der Waals surface area contributed by atoms with Crippen LogP contribution in [0.5, 0.6) is 0 Å². The second kappa shape index (κ2) is 5.24. The molecule has 1 aliphatic rings. The first kappa shape index (κ1) is 13.3. The highest BCUT2D eigenvalue weighted by Gasteiger charge is 2.31. The summed E-state index contributed by atoms with van der Waals surface area (Å²) < 4.78 is 22.7. The Morgan fingerprint density at radius 1 is 1.56 bits per heavy atom. The molecule has 2 rings (SSSR count). The van der Waals surface area contributed by atoms with Gasteiger partial charge in [-0.1, -0.05) is 0 Å². The molecule has 1 saturated heterocycles. The fraction of sp³-hybridized carbons (Fsp3) is 0.417. The normalized spacial score (nSPS) is 22.4. The van der Waals surface area contributed by atoms with Crippen LogP contribution in [0.2, 0.25) is 0 Å². The molecule has 0 bridgehead atoms. The minimum atomic E-state index is -2.95. The third kappa shape index (κ3) is 3.20. The van der Waals surface area contributed by atoms with Crippen molar-refractivity contribution >= 4 is 33.2 Å². The summed E-state index contributed by atoms with van der Waals surface area (Å²) in [6, 6.07) is 1.74. The Morgan fingerprint density at radius 3 is 2.89 bits per heavy atom. The number of sulfone groups is 1. The van der Waals surface area contributed by atoms with Crippen LogP contribution in [0.3, 0.4) is 0 Å². The molecule has 1 fully saturated rings. The lowest BCUT2D eigenvalue weighted by molar-refractivity contribution is -0.126. The van der Waals surface area contributed by atoms with Gasteiger partial charge in [0.1, 0.15) is 0 Å². The van der Waals surface area contributed by atoms with E-state index in [1.54, 1.807) is 24.5 Å². The topological polar surface area (TPSA) is 54.5 Å². The average molecular weight is 285 g/mol. The number of amides is 1. The van der Waals surface area contributed by atoms with Crippen molar-refractivity contribution in [3.63, 3.8) is 0 Å². The third-order valence-electron chi connectivity index (χ3n) is 3.07. The molecule has 0 aromatic carbocycles. The molecule has 0 N–H and O–H groups in total. The Labute approximate surface area is 111 Å². The van der Waals surface area contributed by atoms with Crippen molar-refractivity contribution in [2.75, 3.05) is 18.6 Å². The molecule has 18 heavy (non-hydrogen) atoms. The largest absolute Gasteiger partial charge is 0.338 e. The van der Waals surface area contributed by atoms with Crippen molar-refractivity contribution in [1.82, 2.24) is 4.90 Å². The summed E-state index contributed by atoms with van der Waals surface area (Å²) >= 11 is 1.57. The average Bonchev–Trinajstić information content (AvgIpc) is 2.94. The van der Waals surface area contributed by atoms with Crippen LogP contribution in [0, 0.1) is 0 Å². The van der Waals surface area contributed by atoms with Crippen LogP contribution in [0.1, 0.15) is 12.0 Å². The van der Waals surface area contributed by atoms with E-state index >= 15 is 0 Å². The predicted molar refractivity (Wildman–Crippen MR) is 73.2 cm³/mol. The molecule has 0 spiro atoms. The van der Waals surface area contributed by atoms with E-state index in [2.05, 4.69) is 0 Å². The van der Waals surface area contributed by atoms with E-state index in [9.17, 15) is 13.2 Å². The molecule has 2 heterocycles. The van der Waals surface area contributed by atoms with Gasteiger partial charge >= 0.3 is 0 Å². The van der Waals surface area contributed by atoms with E-state index in [1.807, 2.05) is 16.8 Å². The lowest BCUT2D eigenvalue weighted by atomic mass is 10.2. The molecule has 1 aromatic rings. The molecule has 6 heteroatoms. The highest BCUT2D eigenvalue weighted by atomic mass is 32.2. The summed E-state index contributed by atoms with van der Waals surface area (Å²) in [6.07, 6.45) is 3.78. The lowest BCUT2D eigenvalue weighted by Crippen LogP contribution is -2.36. The first-order chi connectivity index (χ1) is 8.48. The fourth-order valence-corrected chi connectivity index (χ4v) is 4.32. The number of hydrogen-bond acceptors (Lipinski definition) is 4. The van der Waals surface area contributed by atoms with E-state index in [1.165, 1.54) is 11.0 Å². The Morgan fingerprint density at radius 2 is 2.33 bits per heavy atom. The highest BCUT2D eigenvalue weighted by molar-refractivity contribution is 7.91. The van der Waals surface area contributed by atoms with Crippen molar-refractivity contribution in [3.05, 3.63) is 28.5 Å². The van der Waals surface area contributed by atoms with E-state index in [-0.39, 0.29) is 23.5 Å². The number of carbonyl (C=O) groups is 1. The molecule has 1 unspecified atom stereocenters. The summed E-state index contributed by atoms with van der Waals surface area (Å²) in [4.78, 5) is 13.4. The second-order valence-corrected chi connectivity index (χ2v) is 7.40. The summed E-state index contributed by atoms with van der Waals surface area (Å²) in [7, 11) is -1.29. The van der Waals surface area contributed by atoms with Gasteiger partial charge in [0.2, 0.25) is 5.91 Å². The standard InChI is InChI=1S/C12H15NO3S2/c1-13(11-5-7-18(15,16)9-11)12(14)3-2-10-4-6-17-8-10/h2-4,6,8,11H,5,7,9H2,1H3/b3-2+. The molecule has 0 saturated carbocycles. The van der Waals surface area contributed by atoms with Crippen molar-refractivity contribution in [2.45, 2.75) is 12.5 Å². The van der Waals surface area contributed by atoms with Gasteiger partial charge in [-0.3, -0.25) is 4.79 Å². The summed E-state index contributed by atoms with van der Waals surface area (Å²) in [6.45, 7) is 0. The van der Waals surface area contributed by atoms with E-state index in [0.717, 1.165) is 5.56 Å². The minimum absolute atomic E-state index is 0.0849. The van der Waals surface area contributed by atoms with Gasteiger partial charge in [-0.15, -0.1) is 0 Å². The number of likely N-dealkylation sites (N-methyl/N-ethyl adjacent to an activating group) is 1.